The number of benzene rings is 1. The van der Waals surface area contributed by atoms with Crippen LogP contribution in [0, 0.1) is 17.8 Å². The number of ether oxygens (including phenoxy) is 1. The first-order valence-corrected chi connectivity index (χ1v) is 12.1. The van der Waals surface area contributed by atoms with Crippen molar-refractivity contribution in [2.75, 3.05) is 32.8 Å². The van der Waals surface area contributed by atoms with Crippen molar-refractivity contribution in [3.63, 3.8) is 0 Å². The number of hydrogen-bond acceptors (Lipinski definition) is 4. The Labute approximate surface area is 176 Å². The zero-order chi connectivity index (χ0) is 19.4. The molecule has 2 saturated carbocycles. The monoisotopic (exact) mass is 412 g/mol. The fraction of sp³-hybridized carbons (Fsp3) is 0.652. The summed E-state index contributed by atoms with van der Waals surface area (Å²) in [5.74, 6) is 3.22. The fourth-order valence-corrected chi connectivity index (χ4v) is 6.27. The first-order chi connectivity index (χ1) is 14.2. The Bertz CT molecular complexity index is 925. The number of rotatable bonds is 7. The lowest BCUT2D eigenvalue weighted by molar-refractivity contribution is -0.945. The normalized spacial score (nSPS) is 31.2. The first-order valence-electron chi connectivity index (χ1n) is 11.4. The molecule has 2 aromatic rings. The summed E-state index contributed by atoms with van der Waals surface area (Å²) in [5.41, 5.74) is 0.587. The Morgan fingerprint density at radius 3 is 2.69 bits per heavy atom. The van der Waals surface area contributed by atoms with Gasteiger partial charge in [-0.3, -0.25) is 4.79 Å². The summed E-state index contributed by atoms with van der Waals surface area (Å²) in [4.78, 5) is 13.1. The molecule has 1 amide bonds. The van der Waals surface area contributed by atoms with Crippen molar-refractivity contribution in [1.82, 2.24) is 9.69 Å². The Morgan fingerprint density at radius 2 is 1.93 bits per heavy atom. The highest BCUT2D eigenvalue weighted by molar-refractivity contribution is 7.13. The highest BCUT2D eigenvalue weighted by Crippen LogP contribution is 2.40. The van der Waals surface area contributed by atoms with E-state index >= 15 is 0 Å². The molecule has 1 aromatic heterocycles. The lowest BCUT2D eigenvalue weighted by atomic mass is 9.81. The molecule has 0 unspecified atom stereocenters. The third-order valence-corrected chi connectivity index (χ3v) is 8.41. The van der Waals surface area contributed by atoms with Crippen LogP contribution in [-0.2, 0) is 0 Å². The van der Waals surface area contributed by atoms with Gasteiger partial charge in [-0.15, -0.1) is 0 Å². The van der Waals surface area contributed by atoms with Crippen molar-refractivity contribution in [3.05, 3.63) is 23.9 Å². The zero-order valence-electron chi connectivity index (χ0n) is 16.9. The lowest BCUT2D eigenvalue weighted by Gasteiger charge is -2.53. The van der Waals surface area contributed by atoms with Crippen LogP contribution in [0.4, 0.5) is 0 Å². The number of nitrogens with one attached hydrogen (secondary N) is 1. The van der Waals surface area contributed by atoms with E-state index in [2.05, 4.69) is 9.69 Å². The number of carbonyl (C=O) groups excluding carboxylic acids is 1. The molecule has 1 N–H and O–H groups in total. The van der Waals surface area contributed by atoms with Crippen molar-refractivity contribution >= 4 is 27.5 Å². The Hall–Kier alpha value is -1.66. The van der Waals surface area contributed by atoms with Crippen LogP contribution < -0.4 is 10.1 Å². The molecule has 5 nitrogen and oxygen atoms in total. The van der Waals surface area contributed by atoms with Crippen molar-refractivity contribution < 1.29 is 14.0 Å². The summed E-state index contributed by atoms with van der Waals surface area (Å²) in [6, 6.07) is 6.34. The average molecular weight is 413 g/mol. The van der Waals surface area contributed by atoms with Gasteiger partial charge in [0.1, 0.15) is 11.4 Å². The van der Waals surface area contributed by atoms with Gasteiger partial charge in [-0.05, 0) is 67.3 Å². The van der Waals surface area contributed by atoms with E-state index in [4.69, 9.17) is 4.74 Å². The minimum absolute atomic E-state index is 0.00576. The van der Waals surface area contributed by atoms with Gasteiger partial charge in [0.2, 0.25) is 0 Å². The van der Waals surface area contributed by atoms with Crippen LogP contribution in [0.1, 0.15) is 49.0 Å². The topological polar surface area (TPSA) is 51.2 Å². The molecule has 3 aliphatic heterocycles. The van der Waals surface area contributed by atoms with Crippen LogP contribution in [0.3, 0.4) is 0 Å². The standard InChI is InChI=1S/C23H29N3O2S/c27-23(24-20-13-26(12-15-1-2-15)9-7-17(20)8-10-26)22-19-6-5-18(11-21(19)29-25-22)28-14-16-3-4-16/h5-6,11,15-17,20H,1-4,7-10,12-14H2/p+1/t17?,20-,26?/m0/s1. The van der Waals surface area contributed by atoms with Gasteiger partial charge in [0, 0.05) is 24.1 Å². The maximum Gasteiger partial charge on any atom is 0.272 e. The Balaban J connectivity index is 1.16. The summed E-state index contributed by atoms with van der Waals surface area (Å²) in [7, 11) is 0. The van der Waals surface area contributed by atoms with E-state index in [0.717, 1.165) is 40.8 Å². The van der Waals surface area contributed by atoms with Gasteiger partial charge in [-0.1, -0.05) is 0 Å². The van der Waals surface area contributed by atoms with E-state index in [1.807, 2.05) is 18.2 Å². The number of quaternary nitrogens is 1. The van der Waals surface area contributed by atoms with E-state index in [1.165, 1.54) is 74.2 Å². The Morgan fingerprint density at radius 1 is 1.14 bits per heavy atom. The number of amides is 1. The molecule has 0 radical (unpaired) electrons. The highest BCUT2D eigenvalue weighted by Gasteiger charge is 2.48. The van der Waals surface area contributed by atoms with Crippen LogP contribution in [0.5, 0.6) is 5.75 Å². The highest BCUT2D eigenvalue weighted by atomic mass is 32.1. The Kier molecular flexibility index (Phi) is 4.34. The number of nitrogens with zero attached hydrogens (tertiary/aromatic N) is 2. The van der Waals surface area contributed by atoms with E-state index in [9.17, 15) is 4.79 Å². The first kappa shape index (κ1) is 18.1. The summed E-state index contributed by atoms with van der Waals surface area (Å²) in [6.07, 6.45) is 7.93. The van der Waals surface area contributed by atoms with Gasteiger partial charge in [0.25, 0.3) is 5.91 Å². The molecule has 154 valence electrons. The molecule has 4 heterocycles. The van der Waals surface area contributed by atoms with Gasteiger partial charge < -0.3 is 14.5 Å². The zero-order valence-corrected chi connectivity index (χ0v) is 17.8. The maximum absolute atomic E-state index is 13.1. The van der Waals surface area contributed by atoms with E-state index in [-0.39, 0.29) is 5.91 Å². The smallest absolute Gasteiger partial charge is 0.272 e. The van der Waals surface area contributed by atoms with Crippen LogP contribution in [0.25, 0.3) is 10.1 Å². The van der Waals surface area contributed by atoms with Crippen LogP contribution in [0.2, 0.25) is 0 Å². The molecule has 1 aromatic carbocycles. The molecule has 7 rings (SSSR count). The van der Waals surface area contributed by atoms with Gasteiger partial charge >= 0.3 is 0 Å². The molecule has 2 bridgehead atoms. The van der Waals surface area contributed by atoms with Crippen molar-refractivity contribution in [1.29, 1.82) is 0 Å². The quantitative estimate of drug-likeness (QED) is 0.703. The fourth-order valence-electron chi connectivity index (χ4n) is 5.46. The second kappa shape index (κ2) is 6.95. The van der Waals surface area contributed by atoms with Gasteiger partial charge in [0.15, 0.2) is 0 Å². The van der Waals surface area contributed by atoms with Gasteiger partial charge in [-0.2, -0.15) is 4.37 Å². The molecular weight excluding hydrogens is 382 g/mol. The number of hydrogen-bond donors (Lipinski definition) is 1. The number of piperidine rings is 3. The predicted octanol–water partition coefficient (Wildman–Crippen LogP) is 3.83. The summed E-state index contributed by atoms with van der Waals surface area (Å²) in [5, 5.41) is 4.34. The van der Waals surface area contributed by atoms with Crippen LogP contribution >= 0.6 is 11.5 Å². The van der Waals surface area contributed by atoms with Crippen molar-refractivity contribution in [2.24, 2.45) is 17.8 Å². The molecule has 2 aliphatic carbocycles. The molecular formula is C23H30N3O2S+. The van der Waals surface area contributed by atoms with Crippen LogP contribution in [0.15, 0.2) is 18.2 Å². The third-order valence-electron chi connectivity index (χ3n) is 7.60. The van der Waals surface area contributed by atoms with Crippen molar-refractivity contribution in [2.45, 2.75) is 44.6 Å². The number of fused-ring (bicyclic) bond motifs is 4. The largest absolute Gasteiger partial charge is 0.493 e. The van der Waals surface area contributed by atoms with E-state index in [1.54, 1.807) is 0 Å². The SMILES string of the molecule is O=C(N[C@H]1C[N+]2(CC3CC3)CCC1CC2)c1nsc2cc(OCC3CC3)ccc12. The minimum Gasteiger partial charge on any atom is -0.493 e. The summed E-state index contributed by atoms with van der Waals surface area (Å²) >= 11 is 1.40. The van der Waals surface area contributed by atoms with Crippen molar-refractivity contribution in [3.8, 4) is 5.75 Å². The van der Waals surface area contributed by atoms with E-state index < -0.39 is 0 Å². The molecule has 5 fully saturated rings. The molecule has 0 spiro atoms. The van der Waals surface area contributed by atoms with Gasteiger partial charge in [0.05, 0.1) is 43.5 Å². The minimum atomic E-state index is 0.00576. The third kappa shape index (κ3) is 3.66. The molecule has 29 heavy (non-hydrogen) atoms. The van der Waals surface area contributed by atoms with Crippen LogP contribution in [-0.4, -0.2) is 53.6 Å². The van der Waals surface area contributed by atoms with Gasteiger partial charge in [-0.25, -0.2) is 0 Å². The number of carbonyl (C=O) groups is 1. The molecule has 5 aliphatic rings. The molecule has 1 atom stereocenters. The average Bonchev–Trinajstić information content (AvgIpc) is 3.66. The van der Waals surface area contributed by atoms with E-state index in [0.29, 0.717) is 17.7 Å². The molecule has 3 saturated heterocycles. The number of aromatic nitrogens is 1. The summed E-state index contributed by atoms with van der Waals surface area (Å²) in [6.45, 7) is 5.89. The maximum atomic E-state index is 13.1. The second-order valence-corrected chi connectivity index (χ2v) is 10.8. The lowest BCUT2D eigenvalue weighted by Crippen LogP contribution is -2.67. The molecule has 6 heteroatoms. The predicted molar refractivity (Wildman–Crippen MR) is 114 cm³/mol. The summed E-state index contributed by atoms with van der Waals surface area (Å²) < 4.78 is 12.7. The second-order valence-electron chi connectivity index (χ2n) is 9.96.